The topological polar surface area (TPSA) is 80.3 Å². The van der Waals surface area contributed by atoms with Gasteiger partial charge in [0, 0.05) is 28.1 Å². The van der Waals surface area contributed by atoms with Crippen LogP contribution in [0.2, 0.25) is 0 Å². The highest BCUT2D eigenvalue weighted by Gasteiger charge is 2.29. The molecular formula is C24H25N3O3S. The minimum Gasteiger partial charge on any atom is -0.484 e. The molecule has 0 spiro atoms. The summed E-state index contributed by atoms with van der Waals surface area (Å²) in [6.07, 6.45) is 1.90. The van der Waals surface area contributed by atoms with Gasteiger partial charge in [-0.3, -0.25) is 14.9 Å². The fraction of sp³-hybridized carbons (Fsp3) is 0.292. The maximum absolute atomic E-state index is 12.4. The first-order valence-corrected chi connectivity index (χ1v) is 11.2. The summed E-state index contributed by atoms with van der Waals surface area (Å²) in [7, 11) is 0. The second-order valence-electron chi connectivity index (χ2n) is 7.88. The third-order valence-electron chi connectivity index (χ3n) is 4.89. The third kappa shape index (κ3) is 5.49. The molecule has 31 heavy (non-hydrogen) atoms. The molecule has 2 N–H and O–H groups in total. The number of carbonyl (C=O) groups excluding carboxylic acids is 2. The highest BCUT2D eigenvalue weighted by Crippen LogP contribution is 2.36. The first-order chi connectivity index (χ1) is 15.0. The zero-order valence-corrected chi connectivity index (χ0v) is 18.4. The minimum absolute atomic E-state index is 0.0360. The number of hydrogen-bond acceptors (Lipinski definition) is 5. The highest BCUT2D eigenvalue weighted by atomic mass is 32.1. The first kappa shape index (κ1) is 21.1. The van der Waals surface area contributed by atoms with Crippen LogP contribution in [0.15, 0.2) is 54.6 Å². The van der Waals surface area contributed by atoms with E-state index in [0.29, 0.717) is 22.5 Å². The lowest BCUT2D eigenvalue weighted by molar-refractivity contribution is -0.118. The molecule has 1 saturated carbocycles. The summed E-state index contributed by atoms with van der Waals surface area (Å²) < 4.78 is 5.62. The average Bonchev–Trinajstić information content (AvgIpc) is 3.53. The minimum atomic E-state index is -0.281. The van der Waals surface area contributed by atoms with Gasteiger partial charge in [0.25, 0.3) is 5.91 Å². The fourth-order valence-electron chi connectivity index (χ4n) is 3.14. The van der Waals surface area contributed by atoms with Crippen molar-refractivity contribution in [3.8, 4) is 17.0 Å². The lowest BCUT2D eigenvalue weighted by Crippen LogP contribution is -2.20. The van der Waals surface area contributed by atoms with Crippen molar-refractivity contribution in [1.29, 1.82) is 0 Å². The van der Waals surface area contributed by atoms with E-state index in [9.17, 15) is 9.59 Å². The van der Waals surface area contributed by atoms with Gasteiger partial charge < -0.3 is 10.1 Å². The van der Waals surface area contributed by atoms with Crippen LogP contribution < -0.4 is 15.4 Å². The van der Waals surface area contributed by atoms with Crippen molar-refractivity contribution in [3.63, 3.8) is 0 Å². The van der Waals surface area contributed by atoms with Gasteiger partial charge in [-0.25, -0.2) is 4.98 Å². The molecule has 1 aliphatic rings. The molecule has 160 valence electrons. The molecule has 4 rings (SSSR count). The molecule has 0 atom stereocenters. The summed E-state index contributed by atoms with van der Waals surface area (Å²) in [4.78, 5) is 30.1. The molecule has 0 unspecified atom stereocenters. The van der Waals surface area contributed by atoms with Crippen molar-refractivity contribution in [2.75, 3.05) is 17.2 Å². The highest BCUT2D eigenvalue weighted by molar-refractivity contribution is 7.16. The zero-order valence-electron chi connectivity index (χ0n) is 17.6. The molecule has 7 heteroatoms. The van der Waals surface area contributed by atoms with Crippen LogP contribution in [0.3, 0.4) is 0 Å². The van der Waals surface area contributed by atoms with E-state index >= 15 is 0 Å². The van der Waals surface area contributed by atoms with Crippen LogP contribution in [0.25, 0.3) is 11.3 Å². The summed E-state index contributed by atoms with van der Waals surface area (Å²) in [5.41, 5.74) is 2.60. The molecular weight excluding hydrogens is 410 g/mol. The Bertz CT molecular complexity index is 1070. The van der Waals surface area contributed by atoms with Crippen molar-refractivity contribution in [1.82, 2.24) is 4.98 Å². The number of anilines is 2. The largest absolute Gasteiger partial charge is 0.484 e. The van der Waals surface area contributed by atoms with Crippen molar-refractivity contribution in [2.24, 2.45) is 5.92 Å². The average molecular weight is 436 g/mol. The van der Waals surface area contributed by atoms with Gasteiger partial charge in [-0.15, -0.1) is 11.3 Å². The van der Waals surface area contributed by atoms with Gasteiger partial charge in [0.05, 0.1) is 5.69 Å². The van der Waals surface area contributed by atoms with Crippen molar-refractivity contribution in [3.05, 3.63) is 59.5 Å². The number of nitrogens with one attached hydrogen (secondary N) is 2. The molecule has 0 saturated heterocycles. The molecule has 1 aliphatic carbocycles. The number of hydrogen-bond donors (Lipinski definition) is 2. The molecule has 1 fully saturated rings. The number of amides is 2. The number of carbonyl (C=O) groups is 2. The predicted octanol–water partition coefficient (Wildman–Crippen LogP) is 5.30. The second-order valence-corrected chi connectivity index (χ2v) is 8.91. The van der Waals surface area contributed by atoms with Gasteiger partial charge in [0.15, 0.2) is 11.7 Å². The van der Waals surface area contributed by atoms with E-state index in [1.165, 1.54) is 11.3 Å². The van der Waals surface area contributed by atoms with Gasteiger partial charge in [0.2, 0.25) is 5.91 Å². The Morgan fingerprint density at radius 2 is 1.87 bits per heavy atom. The number of ether oxygens (including phenoxy) is 1. The second kappa shape index (κ2) is 9.31. The number of nitrogens with zero attached hydrogens (tertiary/aromatic N) is 1. The molecule has 0 radical (unpaired) electrons. The van der Waals surface area contributed by atoms with Gasteiger partial charge >= 0.3 is 0 Å². The fourth-order valence-corrected chi connectivity index (χ4v) is 4.14. The molecule has 1 heterocycles. The van der Waals surface area contributed by atoms with Crippen LogP contribution in [-0.4, -0.2) is 23.4 Å². The van der Waals surface area contributed by atoms with E-state index in [-0.39, 0.29) is 24.3 Å². The van der Waals surface area contributed by atoms with Crippen LogP contribution in [-0.2, 0) is 9.59 Å². The molecule has 2 amide bonds. The summed E-state index contributed by atoms with van der Waals surface area (Å²) in [5.74, 6) is 0.703. The van der Waals surface area contributed by atoms with E-state index in [1.54, 1.807) is 24.3 Å². The zero-order chi connectivity index (χ0) is 21.8. The number of benzene rings is 2. The van der Waals surface area contributed by atoms with E-state index in [2.05, 4.69) is 29.5 Å². The summed E-state index contributed by atoms with van der Waals surface area (Å²) >= 11 is 1.48. The summed E-state index contributed by atoms with van der Waals surface area (Å²) in [6.45, 7) is 4.09. The smallest absolute Gasteiger partial charge is 0.264 e. The lowest BCUT2D eigenvalue weighted by Gasteiger charge is -2.09. The number of rotatable bonds is 8. The number of thiazole rings is 1. The normalized spacial score (nSPS) is 13.1. The van der Waals surface area contributed by atoms with E-state index < -0.39 is 0 Å². The van der Waals surface area contributed by atoms with Crippen LogP contribution in [0, 0.1) is 5.92 Å². The predicted molar refractivity (Wildman–Crippen MR) is 124 cm³/mol. The maximum Gasteiger partial charge on any atom is 0.264 e. The summed E-state index contributed by atoms with van der Waals surface area (Å²) in [6, 6.07) is 17.0. The van der Waals surface area contributed by atoms with Crippen molar-refractivity contribution < 1.29 is 14.3 Å². The van der Waals surface area contributed by atoms with Gasteiger partial charge in [0.1, 0.15) is 5.75 Å². The number of aromatic nitrogens is 1. The standard InChI is InChI=1S/C24H25N3O3S/c1-15(2)22-21(16-7-4-3-5-8-16)27-24(31-22)26-20(28)14-30-19-10-6-9-18(13-19)25-23(29)17-11-12-17/h3-10,13,15,17H,11-12,14H2,1-2H3,(H,25,29)(H,26,27,28). The molecule has 3 aromatic rings. The van der Waals surface area contributed by atoms with E-state index in [1.807, 2.05) is 30.3 Å². The molecule has 6 nitrogen and oxygen atoms in total. The van der Waals surface area contributed by atoms with Crippen molar-refractivity contribution >= 4 is 34.0 Å². The molecule has 2 aromatic carbocycles. The van der Waals surface area contributed by atoms with Crippen LogP contribution in [0.1, 0.15) is 37.5 Å². The van der Waals surface area contributed by atoms with Crippen molar-refractivity contribution in [2.45, 2.75) is 32.6 Å². The Hall–Kier alpha value is -3.19. The Morgan fingerprint density at radius 3 is 2.58 bits per heavy atom. The molecule has 0 bridgehead atoms. The Morgan fingerprint density at radius 1 is 1.10 bits per heavy atom. The molecule has 1 aromatic heterocycles. The van der Waals surface area contributed by atoms with Gasteiger partial charge in [-0.05, 0) is 30.9 Å². The Balaban J connectivity index is 1.37. The lowest BCUT2D eigenvalue weighted by atomic mass is 10.1. The SMILES string of the molecule is CC(C)c1sc(NC(=O)COc2cccc(NC(=O)C3CC3)c2)nc1-c1ccccc1. The van der Waals surface area contributed by atoms with Crippen LogP contribution in [0.5, 0.6) is 5.75 Å². The monoisotopic (exact) mass is 435 g/mol. The first-order valence-electron chi connectivity index (χ1n) is 10.4. The van der Waals surface area contributed by atoms with E-state index in [4.69, 9.17) is 4.74 Å². The van der Waals surface area contributed by atoms with E-state index in [0.717, 1.165) is 29.0 Å². The summed E-state index contributed by atoms with van der Waals surface area (Å²) in [5, 5.41) is 6.28. The van der Waals surface area contributed by atoms with Gasteiger partial charge in [-0.1, -0.05) is 50.2 Å². The Labute approximate surface area is 185 Å². The Kier molecular flexibility index (Phi) is 6.32. The van der Waals surface area contributed by atoms with Crippen LogP contribution in [0.4, 0.5) is 10.8 Å². The maximum atomic E-state index is 12.4. The van der Waals surface area contributed by atoms with Gasteiger partial charge in [-0.2, -0.15) is 0 Å². The third-order valence-corrected chi connectivity index (χ3v) is 6.16. The molecule has 0 aliphatic heterocycles. The quantitative estimate of drug-likeness (QED) is 0.503. The van der Waals surface area contributed by atoms with Crippen LogP contribution >= 0.6 is 11.3 Å².